The van der Waals surface area contributed by atoms with E-state index in [0.717, 1.165) is 16.8 Å². The molecule has 5 heteroatoms. The monoisotopic (exact) mass is 326 g/mol. The number of amides is 1. The van der Waals surface area contributed by atoms with Crippen molar-refractivity contribution in [1.29, 1.82) is 0 Å². The Hall–Kier alpha value is -2.59. The van der Waals surface area contributed by atoms with Crippen molar-refractivity contribution in [2.75, 3.05) is 5.32 Å². The molecule has 4 nitrogen and oxygen atoms in total. The molecule has 0 spiro atoms. The number of aryl methyl sites for hydroxylation is 2. The van der Waals surface area contributed by atoms with Gasteiger partial charge in [0.15, 0.2) is 5.76 Å². The van der Waals surface area contributed by atoms with E-state index >= 15 is 0 Å². The third kappa shape index (κ3) is 3.27. The quantitative estimate of drug-likeness (QED) is 0.747. The molecular weight excluding hydrogens is 312 g/mol. The molecule has 0 radical (unpaired) electrons. The number of nitrogens with one attached hydrogen (secondary N) is 1. The van der Waals surface area contributed by atoms with Crippen molar-refractivity contribution in [3.8, 4) is 11.3 Å². The molecule has 0 aliphatic rings. The van der Waals surface area contributed by atoms with Crippen molar-refractivity contribution in [3.05, 3.63) is 70.4 Å². The van der Waals surface area contributed by atoms with Crippen LogP contribution in [0.4, 0.5) is 5.69 Å². The van der Waals surface area contributed by atoms with Gasteiger partial charge >= 0.3 is 0 Å². The molecule has 3 rings (SSSR count). The van der Waals surface area contributed by atoms with E-state index in [0.29, 0.717) is 22.0 Å². The van der Waals surface area contributed by atoms with Gasteiger partial charge in [-0.2, -0.15) is 0 Å². The lowest BCUT2D eigenvalue weighted by molar-refractivity contribution is 0.102. The van der Waals surface area contributed by atoms with E-state index in [1.807, 2.05) is 31.2 Å². The lowest BCUT2D eigenvalue weighted by atomic mass is 10.1. The Kier molecular flexibility index (Phi) is 4.17. The minimum absolute atomic E-state index is 0.252. The molecule has 1 heterocycles. The Labute approximate surface area is 139 Å². The zero-order valence-corrected chi connectivity index (χ0v) is 13.5. The summed E-state index contributed by atoms with van der Waals surface area (Å²) in [7, 11) is 0. The van der Waals surface area contributed by atoms with E-state index in [1.54, 1.807) is 31.2 Å². The third-order valence-corrected chi connectivity index (χ3v) is 3.76. The molecule has 1 aromatic heterocycles. The van der Waals surface area contributed by atoms with E-state index in [1.165, 1.54) is 0 Å². The van der Waals surface area contributed by atoms with Crippen LogP contribution >= 0.6 is 11.6 Å². The maximum atomic E-state index is 12.6. The van der Waals surface area contributed by atoms with Crippen molar-refractivity contribution < 1.29 is 9.32 Å². The first kappa shape index (κ1) is 15.3. The molecule has 0 aliphatic carbocycles. The number of hydrogen-bond acceptors (Lipinski definition) is 3. The van der Waals surface area contributed by atoms with E-state index in [9.17, 15) is 4.79 Å². The maximum absolute atomic E-state index is 12.6. The van der Waals surface area contributed by atoms with Crippen LogP contribution in [0.5, 0.6) is 0 Å². The highest BCUT2D eigenvalue weighted by atomic mass is 35.5. The summed E-state index contributed by atoms with van der Waals surface area (Å²) in [5.41, 5.74) is 3.57. The van der Waals surface area contributed by atoms with Crippen molar-refractivity contribution >= 4 is 23.2 Å². The summed E-state index contributed by atoms with van der Waals surface area (Å²) < 4.78 is 5.35. The first-order valence-corrected chi connectivity index (χ1v) is 7.52. The average Bonchev–Trinajstić information content (AvgIpc) is 2.92. The molecule has 2 aromatic carbocycles. The molecule has 0 aliphatic heterocycles. The van der Waals surface area contributed by atoms with Gasteiger partial charge in [0.1, 0.15) is 5.56 Å². The molecule has 23 heavy (non-hydrogen) atoms. The minimum Gasteiger partial charge on any atom is -0.355 e. The van der Waals surface area contributed by atoms with E-state index < -0.39 is 0 Å². The van der Waals surface area contributed by atoms with Crippen LogP contribution in [0.15, 0.2) is 53.1 Å². The van der Waals surface area contributed by atoms with Crippen LogP contribution in [0.3, 0.4) is 0 Å². The number of carbonyl (C=O) groups excluding carboxylic acids is 1. The number of rotatable bonds is 3. The molecule has 1 amide bonds. The predicted molar refractivity (Wildman–Crippen MR) is 90.8 cm³/mol. The predicted octanol–water partition coefficient (Wildman–Crippen LogP) is 4.86. The molecule has 0 atom stereocenters. The van der Waals surface area contributed by atoms with Gasteiger partial charge in [-0.1, -0.05) is 34.5 Å². The van der Waals surface area contributed by atoms with Gasteiger partial charge in [-0.3, -0.25) is 4.79 Å². The number of carbonyl (C=O) groups is 1. The Balaban J connectivity index is 1.93. The van der Waals surface area contributed by atoms with Gasteiger partial charge < -0.3 is 9.84 Å². The molecule has 0 saturated carbocycles. The Morgan fingerprint density at radius 3 is 2.35 bits per heavy atom. The van der Waals surface area contributed by atoms with Gasteiger partial charge in [-0.15, -0.1) is 0 Å². The summed E-state index contributed by atoms with van der Waals surface area (Å²) in [6.07, 6.45) is 0. The first-order valence-electron chi connectivity index (χ1n) is 7.15. The van der Waals surface area contributed by atoms with Crippen molar-refractivity contribution in [2.45, 2.75) is 13.8 Å². The lowest BCUT2D eigenvalue weighted by Gasteiger charge is -2.06. The molecule has 3 aromatic rings. The second kappa shape index (κ2) is 6.26. The Morgan fingerprint density at radius 1 is 1.04 bits per heavy atom. The number of anilines is 1. The van der Waals surface area contributed by atoms with E-state index in [4.69, 9.17) is 16.1 Å². The second-order valence-electron chi connectivity index (χ2n) is 5.30. The van der Waals surface area contributed by atoms with Crippen molar-refractivity contribution in [3.63, 3.8) is 0 Å². The van der Waals surface area contributed by atoms with Gasteiger partial charge in [0.25, 0.3) is 5.91 Å². The van der Waals surface area contributed by atoms with E-state index in [2.05, 4.69) is 10.5 Å². The summed E-state index contributed by atoms with van der Waals surface area (Å²) in [6.45, 7) is 3.74. The highest BCUT2D eigenvalue weighted by molar-refractivity contribution is 6.30. The standard InChI is InChI=1S/C18H15ClN2O2/c1-11-3-9-15(10-4-11)20-18(22)16-12(2)21-23-17(16)13-5-7-14(19)8-6-13/h3-10H,1-2H3,(H,20,22). The van der Waals surface area contributed by atoms with Gasteiger partial charge in [0.2, 0.25) is 0 Å². The third-order valence-electron chi connectivity index (χ3n) is 3.51. The zero-order chi connectivity index (χ0) is 16.4. The topological polar surface area (TPSA) is 55.1 Å². The Morgan fingerprint density at radius 2 is 1.70 bits per heavy atom. The SMILES string of the molecule is Cc1ccc(NC(=O)c2c(C)noc2-c2ccc(Cl)cc2)cc1. The van der Waals surface area contributed by atoms with Crippen molar-refractivity contribution in [1.82, 2.24) is 5.16 Å². The van der Waals surface area contributed by atoms with Crippen LogP contribution in [0, 0.1) is 13.8 Å². The average molecular weight is 327 g/mol. The number of nitrogens with zero attached hydrogens (tertiary/aromatic N) is 1. The summed E-state index contributed by atoms with van der Waals surface area (Å²) in [6, 6.07) is 14.7. The fourth-order valence-corrected chi connectivity index (χ4v) is 2.39. The Bertz CT molecular complexity index is 836. The second-order valence-corrected chi connectivity index (χ2v) is 5.74. The largest absolute Gasteiger partial charge is 0.355 e. The molecule has 0 bridgehead atoms. The molecule has 0 saturated heterocycles. The molecule has 1 N–H and O–H groups in total. The lowest BCUT2D eigenvalue weighted by Crippen LogP contribution is -2.13. The van der Waals surface area contributed by atoms with Crippen LogP contribution in [0.1, 0.15) is 21.6 Å². The smallest absolute Gasteiger partial charge is 0.261 e. The normalized spacial score (nSPS) is 10.6. The van der Waals surface area contributed by atoms with Gasteiger partial charge in [0, 0.05) is 16.3 Å². The first-order chi connectivity index (χ1) is 11.0. The van der Waals surface area contributed by atoms with Crippen LogP contribution in [-0.4, -0.2) is 11.1 Å². The van der Waals surface area contributed by atoms with Crippen LogP contribution < -0.4 is 5.32 Å². The minimum atomic E-state index is -0.252. The van der Waals surface area contributed by atoms with Gasteiger partial charge in [-0.05, 0) is 50.2 Å². The molecule has 0 fully saturated rings. The van der Waals surface area contributed by atoms with Gasteiger partial charge in [0.05, 0.1) is 5.69 Å². The number of benzene rings is 2. The fraction of sp³-hybridized carbons (Fsp3) is 0.111. The van der Waals surface area contributed by atoms with Crippen LogP contribution in [0.25, 0.3) is 11.3 Å². The number of aromatic nitrogens is 1. The van der Waals surface area contributed by atoms with Gasteiger partial charge in [-0.25, -0.2) is 0 Å². The van der Waals surface area contributed by atoms with E-state index in [-0.39, 0.29) is 5.91 Å². The maximum Gasteiger partial charge on any atom is 0.261 e. The molecular formula is C18H15ClN2O2. The number of halogens is 1. The summed E-state index contributed by atoms with van der Waals surface area (Å²) in [5, 5.41) is 7.41. The number of hydrogen-bond donors (Lipinski definition) is 1. The zero-order valence-electron chi connectivity index (χ0n) is 12.8. The highest BCUT2D eigenvalue weighted by Gasteiger charge is 2.21. The summed E-state index contributed by atoms with van der Waals surface area (Å²) in [4.78, 5) is 12.6. The molecule has 116 valence electrons. The fourth-order valence-electron chi connectivity index (χ4n) is 2.27. The van der Waals surface area contributed by atoms with Crippen LogP contribution in [0.2, 0.25) is 5.02 Å². The molecule has 0 unspecified atom stereocenters. The van der Waals surface area contributed by atoms with Crippen LogP contribution in [-0.2, 0) is 0 Å². The van der Waals surface area contributed by atoms with Crippen molar-refractivity contribution in [2.24, 2.45) is 0 Å². The highest BCUT2D eigenvalue weighted by Crippen LogP contribution is 2.28. The summed E-state index contributed by atoms with van der Waals surface area (Å²) in [5.74, 6) is 0.182. The summed E-state index contributed by atoms with van der Waals surface area (Å²) >= 11 is 5.90.